The average molecular weight is 428 g/mol. The first-order valence-corrected chi connectivity index (χ1v) is 11.0. The molecule has 160 valence electrons. The van der Waals surface area contributed by atoms with Gasteiger partial charge in [0.1, 0.15) is 6.04 Å². The number of amides is 2. The number of carbonyl (C=O) groups is 2. The molecule has 5 nitrogen and oxygen atoms in total. The summed E-state index contributed by atoms with van der Waals surface area (Å²) in [6, 6.07) is 13.8. The molecule has 1 saturated carbocycles. The fraction of sp³-hybridized carbons (Fsp3) is 0.417. The summed E-state index contributed by atoms with van der Waals surface area (Å²) in [5, 5.41) is 9.55. The number of hydrogen-bond acceptors (Lipinski definition) is 3. The summed E-state index contributed by atoms with van der Waals surface area (Å²) in [5.74, 6) is 0.0691. The Morgan fingerprint density at radius 2 is 1.63 bits per heavy atom. The molecule has 6 heteroatoms. The van der Waals surface area contributed by atoms with Crippen molar-refractivity contribution in [3.8, 4) is 0 Å². The number of rotatable bonds is 8. The summed E-state index contributed by atoms with van der Waals surface area (Å²) in [5.41, 5.74) is 2.10. The first-order chi connectivity index (χ1) is 14.4. The second-order valence-corrected chi connectivity index (χ2v) is 8.68. The SMILES string of the molecule is CC(C)C(NC(=O)c1ccccc1Cl)C(=O)Nc1ccc(NCC2CCCC2)cc1. The third-order valence-electron chi connectivity index (χ3n) is 5.58. The molecule has 3 rings (SSSR count). The lowest BCUT2D eigenvalue weighted by Crippen LogP contribution is -2.47. The molecule has 1 aliphatic rings. The van der Waals surface area contributed by atoms with Crippen LogP contribution in [0, 0.1) is 11.8 Å². The van der Waals surface area contributed by atoms with E-state index in [2.05, 4.69) is 16.0 Å². The molecular weight excluding hydrogens is 398 g/mol. The van der Waals surface area contributed by atoms with Crippen LogP contribution in [0.2, 0.25) is 5.02 Å². The third-order valence-corrected chi connectivity index (χ3v) is 5.91. The third kappa shape index (κ3) is 5.99. The van der Waals surface area contributed by atoms with E-state index in [9.17, 15) is 9.59 Å². The molecule has 0 heterocycles. The number of halogens is 1. The zero-order valence-electron chi connectivity index (χ0n) is 17.6. The number of benzene rings is 2. The van der Waals surface area contributed by atoms with Gasteiger partial charge in [0.05, 0.1) is 10.6 Å². The van der Waals surface area contributed by atoms with E-state index in [-0.39, 0.29) is 17.7 Å². The second-order valence-electron chi connectivity index (χ2n) is 8.27. The molecule has 0 aliphatic heterocycles. The highest BCUT2D eigenvalue weighted by Gasteiger charge is 2.25. The van der Waals surface area contributed by atoms with Gasteiger partial charge in [-0.1, -0.05) is 50.4 Å². The Morgan fingerprint density at radius 3 is 2.27 bits per heavy atom. The Labute approximate surface area is 183 Å². The molecular formula is C24H30ClN3O2. The van der Waals surface area contributed by atoms with Crippen LogP contribution in [0.1, 0.15) is 49.9 Å². The molecule has 1 unspecified atom stereocenters. The highest BCUT2D eigenvalue weighted by atomic mass is 35.5. The zero-order valence-corrected chi connectivity index (χ0v) is 18.3. The molecule has 2 aromatic rings. The van der Waals surface area contributed by atoms with Crippen molar-refractivity contribution in [1.82, 2.24) is 5.32 Å². The van der Waals surface area contributed by atoms with Gasteiger partial charge in [-0.3, -0.25) is 9.59 Å². The molecule has 2 aromatic carbocycles. The van der Waals surface area contributed by atoms with Gasteiger partial charge in [0.2, 0.25) is 5.91 Å². The molecule has 30 heavy (non-hydrogen) atoms. The van der Waals surface area contributed by atoms with Gasteiger partial charge < -0.3 is 16.0 Å². The maximum absolute atomic E-state index is 12.8. The van der Waals surface area contributed by atoms with Crippen LogP contribution >= 0.6 is 11.6 Å². The van der Waals surface area contributed by atoms with Crippen molar-refractivity contribution in [3.63, 3.8) is 0 Å². The van der Waals surface area contributed by atoms with Gasteiger partial charge in [-0.15, -0.1) is 0 Å². The number of carbonyl (C=O) groups excluding carboxylic acids is 2. The smallest absolute Gasteiger partial charge is 0.253 e. The second kappa shape index (κ2) is 10.5. The lowest BCUT2D eigenvalue weighted by atomic mass is 10.0. The first kappa shape index (κ1) is 22.2. The minimum Gasteiger partial charge on any atom is -0.385 e. The molecule has 2 amide bonds. The van der Waals surface area contributed by atoms with E-state index in [1.165, 1.54) is 25.7 Å². The maximum Gasteiger partial charge on any atom is 0.253 e. The van der Waals surface area contributed by atoms with Gasteiger partial charge in [-0.2, -0.15) is 0 Å². The molecule has 0 bridgehead atoms. The van der Waals surface area contributed by atoms with Crippen LogP contribution in [0.5, 0.6) is 0 Å². The number of hydrogen-bond donors (Lipinski definition) is 3. The zero-order chi connectivity index (χ0) is 21.5. The summed E-state index contributed by atoms with van der Waals surface area (Å²) in [6.07, 6.45) is 5.28. The normalized spacial score (nSPS) is 15.1. The van der Waals surface area contributed by atoms with Crippen LogP contribution < -0.4 is 16.0 Å². The van der Waals surface area contributed by atoms with E-state index in [1.807, 2.05) is 38.1 Å². The maximum atomic E-state index is 12.8. The average Bonchev–Trinajstić information content (AvgIpc) is 3.25. The Morgan fingerprint density at radius 1 is 1.00 bits per heavy atom. The van der Waals surface area contributed by atoms with Gasteiger partial charge in [0, 0.05) is 17.9 Å². The van der Waals surface area contributed by atoms with Gasteiger partial charge >= 0.3 is 0 Å². The van der Waals surface area contributed by atoms with E-state index in [4.69, 9.17) is 11.6 Å². The van der Waals surface area contributed by atoms with Gasteiger partial charge in [0.15, 0.2) is 0 Å². The van der Waals surface area contributed by atoms with Crippen LogP contribution in [0.15, 0.2) is 48.5 Å². The highest BCUT2D eigenvalue weighted by molar-refractivity contribution is 6.33. The molecule has 1 aliphatic carbocycles. The van der Waals surface area contributed by atoms with Crippen molar-refractivity contribution < 1.29 is 9.59 Å². The van der Waals surface area contributed by atoms with Crippen LogP contribution in [0.4, 0.5) is 11.4 Å². The summed E-state index contributed by atoms with van der Waals surface area (Å²) in [4.78, 5) is 25.4. The van der Waals surface area contributed by atoms with Crippen LogP contribution in [-0.4, -0.2) is 24.4 Å². The van der Waals surface area contributed by atoms with Gasteiger partial charge in [-0.25, -0.2) is 0 Å². The predicted octanol–water partition coefficient (Wildman–Crippen LogP) is 5.34. The molecule has 1 atom stereocenters. The van der Waals surface area contributed by atoms with Crippen molar-refractivity contribution in [2.24, 2.45) is 11.8 Å². The van der Waals surface area contributed by atoms with Crippen LogP contribution in [-0.2, 0) is 4.79 Å². The molecule has 3 N–H and O–H groups in total. The summed E-state index contributed by atoms with van der Waals surface area (Å²) in [6.45, 7) is 4.79. The predicted molar refractivity (Wildman–Crippen MR) is 123 cm³/mol. The number of nitrogens with one attached hydrogen (secondary N) is 3. The van der Waals surface area contributed by atoms with Crippen molar-refractivity contribution in [2.45, 2.75) is 45.6 Å². The van der Waals surface area contributed by atoms with Crippen LogP contribution in [0.25, 0.3) is 0 Å². The largest absolute Gasteiger partial charge is 0.385 e. The van der Waals surface area contributed by atoms with E-state index in [0.717, 1.165) is 18.2 Å². The van der Waals surface area contributed by atoms with Crippen molar-refractivity contribution in [2.75, 3.05) is 17.2 Å². The number of anilines is 2. The van der Waals surface area contributed by atoms with Crippen molar-refractivity contribution in [3.05, 3.63) is 59.1 Å². The van der Waals surface area contributed by atoms with Crippen LogP contribution in [0.3, 0.4) is 0 Å². The van der Waals surface area contributed by atoms with Gasteiger partial charge in [0.25, 0.3) is 5.91 Å². The summed E-state index contributed by atoms with van der Waals surface area (Å²) in [7, 11) is 0. The molecule has 0 spiro atoms. The highest BCUT2D eigenvalue weighted by Crippen LogP contribution is 2.25. The van der Waals surface area contributed by atoms with E-state index >= 15 is 0 Å². The van der Waals surface area contributed by atoms with E-state index < -0.39 is 6.04 Å². The standard InChI is InChI=1S/C24H30ClN3O2/c1-16(2)22(28-23(29)20-9-5-6-10-21(20)25)24(30)27-19-13-11-18(12-14-19)26-15-17-7-3-4-8-17/h5-6,9-14,16-17,22,26H,3-4,7-8,15H2,1-2H3,(H,27,30)(H,28,29). The Hall–Kier alpha value is -2.53. The summed E-state index contributed by atoms with van der Waals surface area (Å²) >= 11 is 6.11. The first-order valence-electron chi connectivity index (χ1n) is 10.6. The quantitative estimate of drug-likeness (QED) is 0.532. The topological polar surface area (TPSA) is 70.2 Å². The minimum atomic E-state index is -0.672. The lowest BCUT2D eigenvalue weighted by Gasteiger charge is -2.22. The van der Waals surface area contributed by atoms with E-state index in [0.29, 0.717) is 16.3 Å². The molecule has 0 radical (unpaired) electrons. The lowest BCUT2D eigenvalue weighted by molar-refractivity contribution is -0.118. The Kier molecular flexibility index (Phi) is 7.75. The van der Waals surface area contributed by atoms with Crippen molar-refractivity contribution >= 4 is 34.8 Å². The fourth-order valence-corrected chi connectivity index (χ4v) is 3.99. The Bertz CT molecular complexity index is 861. The molecule has 0 aromatic heterocycles. The van der Waals surface area contributed by atoms with Crippen molar-refractivity contribution in [1.29, 1.82) is 0 Å². The fourth-order valence-electron chi connectivity index (χ4n) is 3.77. The molecule has 0 saturated heterocycles. The van der Waals surface area contributed by atoms with E-state index in [1.54, 1.807) is 24.3 Å². The monoisotopic (exact) mass is 427 g/mol. The Balaban J connectivity index is 1.57. The minimum absolute atomic E-state index is 0.0798. The van der Waals surface area contributed by atoms with Gasteiger partial charge in [-0.05, 0) is 61.1 Å². The summed E-state index contributed by atoms with van der Waals surface area (Å²) < 4.78 is 0. The molecule has 1 fully saturated rings.